The third kappa shape index (κ3) is 3.77. The molecule has 0 amide bonds. The van der Waals surface area contributed by atoms with Gasteiger partial charge in [-0.2, -0.15) is 4.98 Å². The zero-order valence-electron chi connectivity index (χ0n) is 14.6. The number of benzene rings is 2. The van der Waals surface area contributed by atoms with E-state index < -0.39 is 0 Å². The largest absolute Gasteiger partial charge is 0.493 e. The average Bonchev–Trinajstić information content (AvgIpc) is 2.67. The molecule has 0 fully saturated rings. The summed E-state index contributed by atoms with van der Waals surface area (Å²) in [6, 6.07) is 14.8. The highest BCUT2D eigenvalue weighted by Gasteiger charge is 2.14. The van der Waals surface area contributed by atoms with Crippen molar-refractivity contribution in [3.63, 3.8) is 0 Å². The number of nitrogens with two attached hydrogens (primary N) is 1. The minimum atomic E-state index is 0.237. The molecule has 7 nitrogen and oxygen atoms in total. The Balaban J connectivity index is 1.88. The number of hydrogen-bond donors (Lipinski definition) is 2. The van der Waals surface area contributed by atoms with Gasteiger partial charge in [0.1, 0.15) is 17.8 Å². The summed E-state index contributed by atoms with van der Waals surface area (Å²) in [6.45, 7) is 2.48. The van der Waals surface area contributed by atoms with Crippen LogP contribution in [-0.4, -0.2) is 23.7 Å². The van der Waals surface area contributed by atoms with Crippen molar-refractivity contribution in [1.29, 1.82) is 0 Å². The van der Waals surface area contributed by atoms with E-state index in [4.69, 9.17) is 19.9 Å². The van der Waals surface area contributed by atoms with E-state index in [1.807, 2.05) is 43.3 Å². The molecule has 0 spiro atoms. The van der Waals surface area contributed by atoms with Crippen molar-refractivity contribution in [2.75, 3.05) is 24.8 Å². The molecule has 3 aromatic rings. The smallest absolute Gasteiger partial charge is 0.248 e. The highest BCUT2D eigenvalue weighted by molar-refractivity contribution is 5.75. The van der Waals surface area contributed by atoms with Gasteiger partial charge >= 0.3 is 0 Å². The fourth-order valence-electron chi connectivity index (χ4n) is 2.35. The highest BCUT2D eigenvalue weighted by Crippen LogP contribution is 2.36. The molecule has 0 unspecified atom stereocenters. The predicted octanol–water partition coefficient (Wildman–Crippen LogP) is 4.00. The second kappa shape index (κ2) is 8.06. The molecular weight excluding hydrogens is 332 g/mol. The summed E-state index contributed by atoms with van der Waals surface area (Å²) >= 11 is 0. The van der Waals surface area contributed by atoms with Crippen LogP contribution in [-0.2, 0) is 0 Å². The molecule has 3 rings (SSSR count). The fraction of sp³-hybridized carbons (Fsp3) is 0.158. The normalized spacial score (nSPS) is 10.2. The lowest BCUT2D eigenvalue weighted by molar-refractivity contribution is 0.342. The van der Waals surface area contributed by atoms with Crippen LogP contribution in [0.25, 0.3) is 0 Å². The second-order valence-electron chi connectivity index (χ2n) is 5.25. The Hall–Kier alpha value is -3.48. The average molecular weight is 352 g/mol. The van der Waals surface area contributed by atoms with Gasteiger partial charge in [-0.15, -0.1) is 0 Å². The Kier molecular flexibility index (Phi) is 5.38. The first-order valence-corrected chi connectivity index (χ1v) is 8.13. The monoisotopic (exact) mass is 352 g/mol. The van der Waals surface area contributed by atoms with E-state index in [0.29, 0.717) is 29.7 Å². The molecule has 7 heteroatoms. The summed E-state index contributed by atoms with van der Waals surface area (Å²) in [5.41, 5.74) is 7.24. The van der Waals surface area contributed by atoms with Crippen LogP contribution < -0.4 is 25.3 Å². The van der Waals surface area contributed by atoms with Crippen LogP contribution in [0, 0.1) is 0 Å². The Labute approximate surface area is 151 Å². The Morgan fingerprint density at radius 1 is 0.962 bits per heavy atom. The summed E-state index contributed by atoms with van der Waals surface area (Å²) in [6.07, 6.45) is 1.38. The number of rotatable bonds is 7. The van der Waals surface area contributed by atoms with Crippen LogP contribution >= 0.6 is 0 Å². The number of nitrogens with zero attached hydrogens (tertiary/aromatic N) is 2. The highest BCUT2D eigenvalue weighted by atomic mass is 16.5. The number of nitrogens with one attached hydrogen (secondary N) is 1. The lowest BCUT2D eigenvalue weighted by Crippen LogP contribution is -2.04. The van der Waals surface area contributed by atoms with Gasteiger partial charge in [0, 0.05) is 0 Å². The van der Waals surface area contributed by atoms with E-state index >= 15 is 0 Å². The minimum absolute atomic E-state index is 0.237. The van der Waals surface area contributed by atoms with Crippen LogP contribution in [0.1, 0.15) is 6.92 Å². The van der Waals surface area contributed by atoms with Gasteiger partial charge in [0.2, 0.25) is 5.88 Å². The summed E-state index contributed by atoms with van der Waals surface area (Å²) in [4.78, 5) is 8.33. The standard InChI is InChI=1S/C19H20N4O3/c1-3-25-14-9-5-4-8-13(14)23-18-17(20)19(22-12-21-18)26-16-11-7-6-10-15(16)24-2/h4-12H,3,20H2,1-2H3,(H,21,22,23). The lowest BCUT2D eigenvalue weighted by Gasteiger charge is -2.15. The number of hydrogen-bond acceptors (Lipinski definition) is 7. The molecule has 3 N–H and O–H groups in total. The van der Waals surface area contributed by atoms with Gasteiger partial charge in [-0.3, -0.25) is 0 Å². The van der Waals surface area contributed by atoms with Crippen molar-refractivity contribution in [3.8, 4) is 23.1 Å². The molecule has 0 aliphatic heterocycles. The van der Waals surface area contributed by atoms with Crippen molar-refractivity contribution in [2.45, 2.75) is 6.92 Å². The summed E-state index contributed by atoms with van der Waals surface area (Å²) in [7, 11) is 1.57. The molecular formula is C19H20N4O3. The number of methoxy groups -OCH3 is 1. The molecule has 0 atom stereocenters. The van der Waals surface area contributed by atoms with Crippen LogP contribution in [0.15, 0.2) is 54.9 Å². The Morgan fingerprint density at radius 3 is 2.38 bits per heavy atom. The number of anilines is 3. The van der Waals surface area contributed by atoms with Crippen molar-refractivity contribution in [1.82, 2.24) is 9.97 Å². The van der Waals surface area contributed by atoms with Crippen molar-refractivity contribution < 1.29 is 14.2 Å². The first kappa shape index (κ1) is 17.3. The maximum Gasteiger partial charge on any atom is 0.248 e. The van der Waals surface area contributed by atoms with Gasteiger partial charge in [-0.1, -0.05) is 24.3 Å². The molecule has 0 radical (unpaired) electrons. The van der Waals surface area contributed by atoms with E-state index in [9.17, 15) is 0 Å². The molecule has 2 aromatic carbocycles. The molecule has 0 saturated heterocycles. The SMILES string of the molecule is CCOc1ccccc1Nc1ncnc(Oc2ccccc2OC)c1N. The van der Waals surface area contributed by atoms with E-state index in [1.165, 1.54) is 6.33 Å². The summed E-state index contributed by atoms with van der Waals surface area (Å²) in [5, 5.41) is 3.17. The van der Waals surface area contributed by atoms with Gasteiger partial charge in [0.05, 0.1) is 19.4 Å². The molecule has 1 aromatic heterocycles. The predicted molar refractivity (Wildman–Crippen MR) is 100 cm³/mol. The lowest BCUT2D eigenvalue weighted by atomic mass is 10.3. The van der Waals surface area contributed by atoms with Crippen LogP contribution in [0.5, 0.6) is 23.1 Å². The zero-order valence-corrected chi connectivity index (χ0v) is 14.6. The van der Waals surface area contributed by atoms with Crippen molar-refractivity contribution in [2.24, 2.45) is 0 Å². The molecule has 134 valence electrons. The first-order chi connectivity index (χ1) is 12.7. The van der Waals surface area contributed by atoms with Gasteiger partial charge < -0.3 is 25.3 Å². The topological polar surface area (TPSA) is 91.5 Å². The molecule has 0 aliphatic rings. The van der Waals surface area contributed by atoms with Gasteiger partial charge in [0.25, 0.3) is 0 Å². The zero-order chi connectivity index (χ0) is 18.4. The number of nitrogen functional groups attached to an aromatic ring is 1. The first-order valence-electron chi connectivity index (χ1n) is 8.13. The van der Waals surface area contributed by atoms with Crippen molar-refractivity contribution in [3.05, 3.63) is 54.9 Å². The van der Waals surface area contributed by atoms with Crippen LogP contribution in [0.4, 0.5) is 17.2 Å². The second-order valence-corrected chi connectivity index (χ2v) is 5.25. The van der Waals surface area contributed by atoms with Crippen LogP contribution in [0.2, 0.25) is 0 Å². The van der Waals surface area contributed by atoms with E-state index in [-0.39, 0.29) is 11.6 Å². The molecule has 1 heterocycles. The van der Waals surface area contributed by atoms with Gasteiger partial charge in [0.15, 0.2) is 17.3 Å². The molecule has 0 aliphatic carbocycles. The number of para-hydroxylation sites is 4. The van der Waals surface area contributed by atoms with Gasteiger partial charge in [-0.05, 0) is 31.2 Å². The van der Waals surface area contributed by atoms with E-state index in [0.717, 1.165) is 5.69 Å². The fourth-order valence-corrected chi connectivity index (χ4v) is 2.35. The Morgan fingerprint density at radius 2 is 1.65 bits per heavy atom. The summed E-state index contributed by atoms with van der Waals surface area (Å²) in [5.74, 6) is 2.47. The quantitative estimate of drug-likeness (QED) is 0.664. The molecule has 0 saturated carbocycles. The summed E-state index contributed by atoms with van der Waals surface area (Å²) < 4.78 is 16.7. The number of ether oxygens (including phenoxy) is 3. The van der Waals surface area contributed by atoms with E-state index in [1.54, 1.807) is 19.2 Å². The van der Waals surface area contributed by atoms with E-state index in [2.05, 4.69) is 15.3 Å². The van der Waals surface area contributed by atoms with Crippen LogP contribution in [0.3, 0.4) is 0 Å². The Bertz CT molecular complexity index is 886. The molecule has 26 heavy (non-hydrogen) atoms. The third-order valence-corrected chi connectivity index (χ3v) is 3.56. The third-order valence-electron chi connectivity index (χ3n) is 3.56. The number of aromatic nitrogens is 2. The van der Waals surface area contributed by atoms with Crippen molar-refractivity contribution >= 4 is 17.2 Å². The minimum Gasteiger partial charge on any atom is -0.493 e. The maximum atomic E-state index is 6.20. The molecule has 0 bridgehead atoms. The van der Waals surface area contributed by atoms with Gasteiger partial charge in [-0.25, -0.2) is 4.98 Å². The maximum absolute atomic E-state index is 6.20.